The van der Waals surface area contributed by atoms with Crippen LogP contribution in [0, 0.1) is 6.92 Å². The lowest BCUT2D eigenvalue weighted by atomic mass is 10.0. The smallest absolute Gasteiger partial charge is 0.350 e. The Kier molecular flexibility index (Phi) is 11.9. The number of rotatable bonds is 11. The van der Waals surface area contributed by atoms with Crippen molar-refractivity contribution in [2.24, 2.45) is 0 Å². The summed E-state index contributed by atoms with van der Waals surface area (Å²) in [5.41, 5.74) is -0.258. The van der Waals surface area contributed by atoms with Gasteiger partial charge in [0.15, 0.2) is 0 Å². The molecule has 4 rings (SSSR count). The molecule has 0 saturated carbocycles. The van der Waals surface area contributed by atoms with Gasteiger partial charge in [-0.15, -0.1) is 0 Å². The zero-order valence-electron chi connectivity index (χ0n) is 27.3. The first-order chi connectivity index (χ1) is 22.8. The van der Waals surface area contributed by atoms with E-state index in [0.29, 0.717) is 20.4 Å². The van der Waals surface area contributed by atoms with Crippen LogP contribution in [0.3, 0.4) is 0 Å². The summed E-state index contributed by atoms with van der Waals surface area (Å²) in [6, 6.07) is 23.3. The lowest BCUT2D eigenvalue weighted by Crippen LogP contribution is -2.56. The molecule has 0 aliphatic rings. The highest BCUT2D eigenvalue weighted by Gasteiger charge is 2.38. The van der Waals surface area contributed by atoms with Gasteiger partial charge < -0.3 is 10.2 Å². The van der Waals surface area contributed by atoms with E-state index in [9.17, 15) is 31.2 Å². The third-order valence-corrected chi connectivity index (χ3v) is 10.1. The topological polar surface area (TPSA) is 86.8 Å². The number of amides is 2. The number of nitrogens with zero attached hydrogens (tertiary/aromatic N) is 2. The van der Waals surface area contributed by atoms with Gasteiger partial charge in [0, 0.05) is 23.0 Å². The molecule has 0 aromatic heterocycles. The van der Waals surface area contributed by atoms with E-state index in [1.54, 1.807) is 88.4 Å². The molecule has 0 bridgehead atoms. The maximum absolute atomic E-state index is 14.6. The number of hydrogen-bond acceptors (Lipinski definition) is 4. The SMILES string of the molecule is Cc1ccc(S(=O)(=O)N(CC(=O)N(Cc2cccc(Br)c2)[C@H](Cc2ccccc2)C(=O)NC(C)(C)C)c2ccc(Cl)c(C(F)(F)F)c2)cc1. The van der Waals surface area contributed by atoms with Crippen LogP contribution in [-0.4, -0.2) is 43.3 Å². The molecular weight excluding hydrogens is 743 g/mol. The molecule has 0 aliphatic heterocycles. The van der Waals surface area contributed by atoms with Crippen molar-refractivity contribution in [3.63, 3.8) is 0 Å². The number of sulfonamides is 1. The molecule has 2 amide bonds. The van der Waals surface area contributed by atoms with Crippen molar-refractivity contribution < 1.29 is 31.2 Å². The number of anilines is 1. The first-order valence-electron chi connectivity index (χ1n) is 15.2. The summed E-state index contributed by atoms with van der Waals surface area (Å²) in [5, 5.41) is 2.30. The van der Waals surface area contributed by atoms with Gasteiger partial charge in [-0.3, -0.25) is 13.9 Å². The van der Waals surface area contributed by atoms with E-state index in [4.69, 9.17) is 11.6 Å². The predicted molar refractivity (Wildman–Crippen MR) is 189 cm³/mol. The molecule has 0 radical (unpaired) electrons. The fourth-order valence-corrected chi connectivity index (χ4v) is 7.17. The average molecular weight is 779 g/mol. The number of carbonyl (C=O) groups excluding carboxylic acids is 2. The summed E-state index contributed by atoms with van der Waals surface area (Å²) in [4.78, 5) is 29.6. The van der Waals surface area contributed by atoms with Crippen molar-refractivity contribution in [1.29, 1.82) is 0 Å². The fraction of sp³-hybridized carbons (Fsp3) is 0.278. The van der Waals surface area contributed by atoms with Crippen LogP contribution in [0.4, 0.5) is 18.9 Å². The number of alkyl halides is 3. The second-order valence-electron chi connectivity index (χ2n) is 12.6. The summed E-state index contributed by atoms with van der Waals surface area (Å²) >= 11 is 9.32. The van der Waals surface area contributed by atoms with Gasteiger partial charge in [0.2, 0.25) is 11.8 Å². The Morgan fingerprint density at radius 3 is 2.10 bits per heavy atom. The number of nitrogens with one attached hydrogen (secondary N) is 1. The standard InChI is InChI=1S/C36H36BrClF3N3O4S/c1-24-13-16-29(17-14-24)49(47,48)44(28-15-18-31(38)30(21-28)36(39,40)41)23-33(45)43(22-26-11-8-12-27(37)19-26)32(34(46)42-35(2,3)4)20-25-9-6-5-7-10-25/h5-19,21,32H,20,22-23H2,1-4H3,(H,42,46)/t32-/m1/s1. The number of hydrogen-bond donors (Lipinski definition) is 1. The van der Waals surface area contributed by atoms with Gasteiger partial charge in [0.05, 0.1) is 21.2 Å². The minimum Gasteiger partial charge on any atom is -0.350 e. The van der Waals surface area contributed by atoms with Crippen LogP contribution in [-0.2, 0) is 38.8 Å². The van der Waals surface area contributed by atoms with Gasteiger partial charge in [-0.2, -0.15) is 13.2 Å². The largest absolute Gasteiger partial charge is 0.417 e. The summed E-state index contributed by atoms with van der Waals surface area (Å²) in [6.07, 6.45) is -4.83. The minimum absolute atomic E-state index is 0.0758. The van der Waals surface area contributed by atoms with Crippen LogP contribution in [0.15, 0.2) is 106 Å². The number of halogens is 5. The molecule has 1 atom stereocenters. The fourth-order valence-electron chi connectivity index (χ4n) is 5.09. The van der Waals surface area contributed by atoms with Crippen molar-refractivity contribution >= 4 is 55.1 Å². The molecule has 0 heterocycles. The second-order valence-corrected chi connectivity index (χ2v) is 15.8. The molecule has 0 aliphatic carbocycles. The van der Waals surface area contributed by atoms with Gasteiger partial charge in [-0.25, -0.2) is 8.42 Å². The molecule has 0 saturated heterocycles. The van der Waals surface area contributed by atoms with E-state index < -0.39 is 62.4 Å². The van der Waals surface area contributed by atoms with E-state index in [1.165, 1.54) is 17.0 Å². The Labute approximate surface area is 298 Å². The second kappa shape index (κ2) is 15.3. The monoisotopic (exact) mass is 777 g/mol. The van der Waals surface area contributed by atoms with Crippen molar-refractivity contribution in [2.45, 2.75) is 63.3 Å². The summed E-state index contributed by atoms with van der Waals surface area (Å²) in [5.74, 6) is -1.30. The highest BCUT2D eigenvalue weighted by molar-refractivity contribution is 9.10. The molecular formula is C36H36BrClF3N3O4S. The lowest BCUT2D eigenvalue weighted by molar-refractivity contribution is -0.140. The van der Waals surface area contributed by atoms with Gasteiger partial charge in [-0.1, -0.05) is 87.7 Å². The van der Waals surface area contributed by atoms with Gasteiger partial charge >= 0.3 is 6.18 Å². The molecule has 0 spiro atoms. The summed E-state index contributed by atoms with van der Waals surface area (Å²) < 4.78 is 71.7. The number of aryl methyl sites for hydroxylation is 1. The quantitative estimate of drug-likeness (QED) is 0.167. The Balaban J connectivity index is 1.88. The molecule has 49 heavy (non-hydrogen) atoms. The van der Waals surface area contributed by atoms with Crippen molar-refractivity contribution in [3.05, 3.63) is 129 Å². The molecule has 13 heteroatoms. The van der Waals surface area contributed by atoms with E-state index in [-0.39, 0.29) is 17.9 Å². The number of carbonyl (C=O) groups is 2. The first-order valence-corrected chi connectivity index (χ1v) is 17.8. The van der Waals surface area contributed by atoms with E-state index in [1.807, 2.05) is 6.07 Å². The number of benzene rings is 4. The Morgan fingerprint density at radius 1 is 0.878 bits per heavy atom. The van der Waals surface area contributed by atoms with E-state index >= 15 is 0 Å². The summed E-state index contributed by atoms with van der Waals surface area (Å²) in [6.45, 7) is 6.10. The molecule has 0 fully saturated rings. The van der Waals surface area contributed by atoms with Crippen LogP contribution in [0.25, 0.3) is 0 Å². The normalized spacial score (nSPS) is 12.7. The van der Waals surface area contributed by atoms with Crippen LogP contribution in [0.1, 0.15) is 43.0 Å². The molecule has 7 nitrogen and oxygen atoms in total. The van der Waals surface area contributed by atoms with Gasteiger partial charge in [0.1, 0.15) is 12.6 Å². The van der Waals surface area contributed by atoms with Gasteiger partial charge in [0.25, 0.3) is 10.0 Å². The maximum Gasteiger partial charge on any atom is 0.417 e. The zero-order chi connectivity index (χ0) is 36.1. The third-order valence-electron chi connectivity index (χ3n) is 7.44. The molecule has 0 unspecified atom stereocenters. The van der Waals surface area contributed by atoms with Crippen molar-refractivity contribution in [2.75, 3.05) is 10.8 Å². The van der Waals surface area contributed by atoms with Crippen molar-refractivity contribution in [1.82, 2.24) is 10.2 Å². The molecule has 4 aromatic rings. The predicted octanol–water partition coefficient (Wildman–Crippen LogP) is 8.18. The first kappa shape index (κ1) is 37.9. The third kappa shape index (κ3) is 10.1. The minimum atomic E-state index is -4.91. The molecule has 4 aromatic carbocycles. The van der Waals surface area contributed by atoms with E-state index in [2.05, 4.69) is 21.2 Å². The maximum atomic E-state index is 14.6. The zero-order valence-corrected chi connectivity index (χ0v) is 30.4. The highest BCUT2D eigenvalue weighted by atomic mass is 79.9. The van der Waals surface area contributed by atoms with Crippen LogP contribution < -0.4 is 9.62 Å². The van der Waals surface area contributed by atoms with E-state index in [0.717, 1.165) is 23.3 Å². The van der Waals surface area contributed by atoms with Crippen LogP contribution in [0.2, 0.25) is 5.02 Å². The van der Waals surface area contributed by atoms with Crippen molar-refractivity contribution in [3.8, 4) is 0 Å². The Bertz CT molecular complexity index is 1900. The van der Waals surface area contributed by atoms with Crippen LogP contribution >= 0.6 is 27.5 Å². The molecule has 260 valence electrons. The average Bonchev–Trinajstić information content (AvgIpc) is 3.01. The van der Waals surface area contributed by atoms with Crippen LogP contribution in [0.5, 0.6) is 0 Å². The highest BCUT2D eigenvalue weighted by Crippen LogP contribution is 2.38. The molecule has 1 N–H and O–H groups in total. The lowest BCUT2D eigenvalue weighted by Gasteiger charge is -2.35. The Morgan fingerprint density at radius 2 is 1.51 bits per heavy atom. The summed E-state index contributed by atoms with van der Waals surface area (Å²) in [7, 11) is -4.62. The van der Waals surface area contributed by atoms with Gasteiger partial charge in [-0.05, 0) is 81.3 Å². The Hall–Kier alpha value is -3.87.